The fraction of sp³-hybridized carbons (Fsp3) is 0.182. The van der Waals surface area contributed by atoms with E-state index in [4.69, 9.17) is 6.57 Å². The lowest BCUT2D eigenvalue weighted by molar-refractivity contribution is 0.0687. The second-order valence-corrected chi connectivity index (χ2v) is 6.25. The van der Waals surface area contributed by atoms with E-state index in [2.05, 4.69) is 23.9 Å². The monoisotopic (exact) mass is 344 g/mol. The highest BCUT2D eigenvalue weighted by molar-refractivity contribution is 5.99. The summed E-state index contributed by atoms with van der Waals surface area (Å²) >= 11 is 0. The smallest absolute Gasteiger partial charge is 0.351 e. The van der Waals surface area contributed by atoms with Gasteiger partial charge in [0.25, 0.3) is 0 Å². The van der Waals surface area contributed by atoms with Crippen molar-refractivity contribution in [2.45, 2.75) is 19.8 Å². The first-order valence-electron chi connectivity index (χ1n) is 8.55. The summed E-state index contributed by atoms with van der Waals surface area (Å²) in [6.45, 7) is 9.52. The highest BCUT2D eigenvalue weighted by Crippen LogP contribution is 2.36. The van der Waals surface area contributed by atoms with E-state index >= 15 is 0 Å². The van der Waals surface area contributed by atoms with Crippen molar-refractivity contribution in [1.82, 2.24) is 4.57 Å². The largest absolute Gasteiger partial charge is 0.477 e. The van der Waals surface area contributed by atoms with E-state index in [1.165, 1.54) is 15.7 Å². The molecular formula is C22H20N2O2. The molecule has 0 aliphatic rings. The van der Waals surface area contributed by atoms with Gasteiger partial charge in [0.1, 0.15) is 5.69 Å². The lowest BCUT2D eigenvalue weighted by atomic mass is 9.95. The van der Waals surface area contributed by atoms with Crippen molar-refractivity contribution < 1.29 is 9.90 Å². The summed E-state index contributed by atoms with van der Waals surface area (Å²) in [4.78, 5) is 15.1. The van der Waals surface area contributed by atoms with Crippen molar-refractivity contribution in [3.8, 4) is 22.3 Å². The highest BCUT2D eigenvalue weighted by atomic mass is 16.4. The van der Waals surface area contributed by atoms with Gasteiger partial charge in [-0.3, -0.25) is 0 Å². The summed E-state index contributed by atoms with van der Waals surface area (Å²) in [6.07, 6.45) is 3.66. The number of aryl methyl sites for hydroxylation is 2. The van der Waals surface area contributed by atoms with Gasteiger partial charge in [-0.2, -0.15) is 0 Å². The normalized spacial score (nSPS) is 10.5. The Morgan fingerprint density at radius 2 is 1.77 bits per heavy atom. The van der Waals surface area contributed by atoms with Gasteiger partial charge < -0.3 is 9.67 Å². The lowest BCUT2D eigenvalue weighted by Gasteiger charge is -2.10. The molecule has 0 amide bonds. The molecule has 0 atom stereocenters. The number of aromatic carboxylic acids is 1. The predicted octanol–water partition coefficient (Wildman–Crippen LogP) is 5.56. The van der Waals surface area contributed by atoms with Crippen LogP contribution in [-0.4, -0.2) is 15.6 Å². The van der Waals surface area contributed by atoms with E-state index in [0.29, 0.717) is 11.3 Å². The molecule has 1 heterocycles. The van der Waals surface area contributed by atoms with Crippen molar-refractivity contribution in [2.75, 3.05) is 0 Å². The van der Waals surface area contributed by atoms with Gasteiger partial charge in [-0.1, -0.05) is 61.9 Å². The van der Waals surface area contributed by atoms with E-state index in [0.717, 1.165) is 24.0 Å². The number of nitrogens with zero attached hydrogens (tertiary/aromatic N) is 2. The van der Waals surface area contributed by atoms with Crippen LogP contribution in [0.1, 0.15) is 29.4 Å². The average molecular weight is 344 g/mol. The Kier molecular flexibility index (Phi) is 4.90. The molecule has 4 nitrogen and oxygen atoms in total. The topological polar surface area (TPSA) is 46.6 Å². The maximum Gasteiger partial charge on any atom is 0.351 e. The highest BCUT2D eigenvalue weighted by Gasteiger charge is 2.21. The van der Waals surface area contributed by atoms with Gasteiger partial charge in [0.15, 0.2) is 0 Å². The number of benzene rings is 2. The van der Waals surface area contributed by atoms with Gasteiger partial charge in [0, 0.05) is 18.8 Å². The van der Waals surface area contributed by atoms with Crippen LogP contribution in [0.2, 0.25) is 0 Å². The second-order valence-electron chi connectivity index (χ2n) is 6.25. The average Bonchev–Trinajstić information content (AvgIpc) is 2.99. The molecule has 26 heavy (non-hydrogen) atoms. The van der Waals surface area contributed by atoms with Crippen LogP contribution in [-0.2, 0) is 13.5 Å². The number of hydrogen-bond donors (Lipinski definition) is 1. The Morgan fingerprint density at radius 1 is 1.12 bits per heavy atom. The minimum absolute atomic E-state index is 0.134. The third-order valence-electron chi connectivity index (χ3n) is 4.51. The number of rotatable bonds is 5. The third kappa shape index (κ3) is 3.12. The van der Waals surface area contributed by atoms with E-state index < -0.39 is 5.97 Å². The summed E-state index contributed by atoms with van der Waals surface area (Å²) in [5.74, 6) is -1.03. The molecule has 0 spiro atoms. The quantitative estimate of drug-likeness (QED) is 0.616. The molecule has 4 heteroatoms. The Labute approximate surface area is 153 Å². The predicted molar refractivity (Wildman–Crippen MR) is 104 cm³/mol. The maximum absolute atomic E-state index is 11.6. The molecule has 3 rings (SSSR count). The van der Waals surface area contributed by atoms with Crippen LogP contribution >= 0.6 is 0 Å². The first-order valence-corrected chi connectivity index (χ1v) is 8.55. The van der Waals surface area contributed by atoms with Gasteiger partial charge >= 0.3 is 5.97 Å². The van der Waals surface area contributed by atoms with Gasteiger partial charge in [-0.25, -0.2) is 9.64 Å². The van der Waals surface area contributed by atoms with Gasteiger partial charge in [0.05, 0.1) is 6.57 Å². The van der Waals surface area contributed by atoms with Crippen LogP contribution in [0.5, 0.6) is 0 Å². The molecule has 2 aromatic carbocycles. The minimum Gasteiger partial charge on any atom is -0.477 e. The molecule has 0 saturated heterocycles. The van der Waals surface area contributed by atoms with Crippen molar-refractivity contribution in [3.05, 3.63) is 77.4 Å². The molecule has 0 radical (unpaired) electrons. The molecule has 1 N–H and O–H groups in total. The van der Waals surface area contributed by atoms with Crippen molar-refractivity contribution in [2.24, 2.45) is 7.05 Å². The Bertz CT molecular complexity index is 992. The number of aromatic nitrogens is 1. The minimum atomic E-state index is -1.03. The summed E-state index contributed by atoms with van der Waals surface area (Å²) in [7, 11) is 1.65. The van der Waals surface area contributed by atoms with Crippen LogP contribution < -0.4 is 0 Å². The van der Waals surface area contributed by atoms with Crippen LogP contribution in [0.4, 0.5) is 5.69 Å². The van der Waals surface area contributed by atoms with Crippen LogP contribution in [0.25, 0.3) is 27.1 Å². The molecule has 0 aliphatic carbocycles. The molecular weight excluding hydrogens is 324 g/mol. The molecule has 3 aromatic rings. The number of hydrogen-bond acceptors (Lipinski definition) is 1. The van der Waals surface area contributed by atoms with Crippen molar-refractivity contribution >= 4 is 11.7 Å². The lowest BCUT2D eigenvalue weighted by Crippen LogP contribution is -2.05. The van der Waals surface area contributed by atoms with Gasteiger partial charge in [0.2, 0.25) is 5.69 Å². The first kappa shape index (κ1) is 17.5. The van der Waals surface area contributed by atoms with Gasteiger partial charge in [-0.15, -0.1) is 0 Å². The van der Waals surface area contributed by atoms with Crippen molar-refractivity contribution in [1.29, 1.82) is 0 Å². The Morgan fingerprint density at radius 3 is 2.38 bits per heavy atom. The second kappa shape index (κ2) is 7.28. The van der Waals surface area contributed by atoms with E-state index in [9.17, 15) is 9.90 Å². The molecule has 130 valence electrons. The van der Waals surface area contributed by atoms with Crippen LogP contribution in [0, 0.1) is 6.57 Å². The molecule has 0 saturated carbocycles. The molecule has 0 fully saturated rings. The van der Waals surface area contributed by atoms with Crippen LogP contribution in [0.15, 0.2) is 54.7 Å². The summed E-state index contributed by atoms with van der Waals surface area (Å²) in [5, 5.41) is 9.52. The maximum atomic E-state index is 11.6. The van der Waals surface area contributed by atoms with E-state index in [1.807, 2.05) is 36.4 Å². The molecule has 0 bridgehead atoms. The number of carboxylic acids is 1. The Balaban J connectivity index is 2.08. The molecule has 1 aromatic heterocycles. The van der Waals surface area contributed by atoms with Gasteiger partial charge in [-0.05, 0) is 28.7 Å². The zero-order chi connectivity index (χ0) is 18.7. The molecule has 0 unspecified atom stereocenters. The van der Waals surface area contributed by atoms with E-state index in [-0.39, 0.29) is 5.69 Å². The number of carboxylic acid groups (broad SMARTS) is 1. The van der Waals surface area contributed by atoms with Crippen molar-refractivity contribution in [3.63, 3.8) is 0 Å². The van der Waals surface area contributed by atoms with Crippen LogP contribution in [0.3, 0.4) is 0 Å². The zero-order valence-corrected chi connectivity index (χ0v) is 14.9. The summed E-state index contributed by atoms with van der Waals surface area (Å²) in [6, 6.07) is 16.1. The zero-order valence-electron chi connectivity index (χ0n) is 14.9. The third-order valence-corrected chi connectivity index (χ3v) is 4.51. The summed E-state index contributed by atoms with van der Waals surface area (Å²) in [5.41, 5.74) is 5.29. The standard InChI is InChI=1S/C22H20N2O2/c1-4-7-15-8-5-6-9-18(15)16-10-12-17(13-11-16)20-19(23-2)14-24(3)21(20)22(25)26/h5-6,8-14H,4,7H2,1,3H3,(H,25,26). The van der Waals surface area contributed by atoms with E-state index in [1.54, 1.807) is 13.2 Å². The fourth-order valence-corrected chi connectivity index (χ4v) is 3.34. The SMILES string of the molecule is [C-]#[N+]c1cn(C)c(C(=O)O)c1-c1ccc(-c2ccccc2CCC)cc1. The molecule has 0 aliphatic heterocycles. The first-order chi connectivity index (χ1) is 12.6. The summed E-state index contributed by atoms with van der Waals surface area (Å²) < 4.78 is 1.50. The Hall–Kier alpha value is -3.32. The fourth-order valence-electron chi connectivity index (χ4n) is 3.34. The number of carbonyl (C=O) groups is 1.